The normalized spacial score (nSPS) is 13.8. The molecule has 0 atom stereocenters. The molecule has 0 bridgehead atoms. The number of hydrogen-bond acceptors (Lipinski definition) is 4. The predicted molar refractivity (Wildman–Crippen MR) is 109 cm³/mol. The number of amides is 2. The van der Waals surface area contributed by atoms with Crippen molar-refractivity contribution in [1.82, 2.24) is 10.2 Å². The molecule has 1 aliphatic heterocycles. The van der Waals surface area contributed by atoms with Crippen LogP contribution in [0.25, 0.3) is 0 Å². The van der Waals surface area contributed by atoms with Crippen LogP contribution in [0.5, 0.6) is 5.75 Å². The van der Waals surface area contributed by atoms with Crippen LogP contribution in [-0.2, 0) is 9.59 Å². The predicted octanol–water partition coefficient (Wildman–Crippen LogP) is 2.45. The van der Waals surface area contributed by atoms with E-state index in [0.717, 1.165) is 18.8 Å². The first-order valence-electron chi connectivity index (χ1n) is 9.84. The van der Waals surface area contributed by atoms with E-state index in [9.17, 15) is 14.0 Å². The number of piperazine rings is 1. The maximum Gasteiger partial charge on any atom is 0.242 e. The Labute approximate surface area is 170 Å². The molecule has 154 valence electrons. The highest BCUT2D eigenvalue weighted by atomic mass is 19.1. The second-order valence-electron chi connectivity index (χ2n) is 6.89. The summed E-state index contributed by atoms with van der Waals surface area (Å²) in [6, 6.07) is 16.0. The van der Waals surface area contributed by atoms with Gasteiger partial charge in [-0.25, -0.2) is 4.39 Å². The highest BCUT2D eigenvalue weighted by molar-refractivity contribution is 5.84. The smallest absolute Gasteiger partial charge is 0.242 e. The van der Waals surface area contributed by atoms with Crippen LogP contribution >= 0.6 is 0 Å². The van der Waals surface area contributed by atoms with Crippen LogP contribution in [0, 0.1) is 5.82 Å². The van der Waals surface area contributed by atoms with E-state index in [0.29, 0.717) is 31.9 Å². The summed E-state index contributed by atoms with van der Waals surface area (Å²) >= 11 is 0. The molecule has 6 nitrogen and oxygen atoms in total. The number of nitrogens with one attached hydrogen (secondary N) is 1. The maximum absolute atomic E-state index is 13.1. The summed E-state index contributed by atoms with van der Waals surface area (Å²) in [5.74, 6) is -0.176. The summed E-state index contributed by atoms with van der Waals surface area (Å²) in [6.07, 6.45) is 0.747. The minimum Gasteiger partial charge on any atom is -0.493 e. The first kappa shape index (κ1) is 20.6. The minimum atomic E-state index is -0.358. The van der Waals surface area contributed by atoms with E-state index in [1.165, 1.54) is 12.1 Å². The van der Waals surface area contributed by atoms with E-state index in [1.54, 1.807) is 17.0 Å². The summed E-state index contributed by atoms with van der Waals surface area (Å²) in [6.45, 7) is 3.17. The molecule has 1 saturated heterocycles. The molecule has 0 spiro atoms. The molecule has 2 aromatic carbocycles. The molecule has 0 aromatic heterocycles. The van der Waals surface area contributed by atoms with Gasteiger partial charge in [0.1, 0.15) is 11.6 Å². The zero-order valence-electron chi connectivity index (χ0n) is 16.4. The molecule has 7 heteroatoms. The lowest BCUT2D eigenvalue weighted by Gasteiger charge is -2.36. The Hall–Kier alpha value is -3.09. The average molecular weight is 399 g/mol. The van der Waals surface area contributed by atoms with Crippen molar-refractivity contribution < 1.29 is 18.7 Å². The van der Waals surface area contributed by atoms with Gasteiger partial charge in [-0.2, -0.15) is 0 Å². The van der Waals surface area contributed by atoms with Crippen molar-refractivity contribution in [2.45, 2.75) is 12.8 Å². The van der Waals surface area contributed by atoms with Gasteiger partial charge in [-0.1, -0.05) is 24.3 Å². The summed E-state index contributed by atoms with van der Waals surface area (Å²) in [5.41, 5.74) is 1.16. The molecular weight excluding hydrogens is 373 g/mol. The third-order valence-electron chi connectivity index (χ3n) is 4.80. The number of anilines is 1. The number of benzene rings is 2. The van der Waals surface area contributed by atoms with Crippen molar-refractivity contribution in [1.29, 1.82) is 0 Å². The minimum absolute atomic E-state index is 0.00885. The lowest BCUT2D eigenvalue weighted by molar-refractivity contribution is -0.133. The maximum atomic E-state index is 13.1. The molecule has 2 amide bonds. The van der Waals surface area contributed by atoms with E-state index in [2.05, 4.69) is 22.3 Å². The van der Waals surface area contributed by atoms with Crippen molar-refractivity contribution in [3.63, 3.8) is 0 Å². The van der Waals surface area contributed by atoms with Gasteiger partial charge < -0.3 is 19.9 Å². The van der Waals surface area contributed by atoms with Gasteiger partial charge in [-0.15, -0.1) is 0 Å². The van der Waals surface area contributed by atoms with E-state index in [4.69, 9.17) is 4.74 Å². The molecule has 2 aromatic rings. The first-order valence-corrected chi connectivity index (χ1v) is 9.84. The van der Waals surface area contributed by atoms with Gasteiger partial charge in [-0.05, 0) is 30.7 Å². The summed E-state index contributed by atoms with van der Waals surface area (Å²) < 4.78 is 18.5. The second-order valence-corrected chi connectivity index (χ2v) is 6.89. The van der Waals surface area contributed by atoms with Crippen molar-refractivity contribution in [3.05, 3.63) is 60.4 Å². The van der Waals surface area contributed by atoms with Gasteiger partial charge in [0.2, 0.25) is 11.8 Å². The van der Waals surface area contributed by atoms with Crippen molar-refractivity contribution >= 4 is 17.5 Å². The molecule has 0 radical (unpaired) electrons. The van der Waals surface area contributed by atoms with Crippen LogP contribution in [-0.4, -0.2) is 56.0 Å². The summed E-state index contributed by atoms with van der Waals surface area (Å²) in [7, 11) is 0. The third kappa shape index (κ3) is 6.48. The van der Waals surface area contributed by atoms with Gasteiger partial charge in [0.15, 0.2) is 0 Å². The molecule has 1 N–H and O–H groups in total. The fourth-order valence-electron chi connectivity index (χ4n) is 3.21. The van der Waals surface area contributed by atoms with Gasteiger partial charge in [0.25, 0.3) is 0 Å². The van der Waals surface area contributed by atoms with Crippen LogP contribution in [0.15, 0.2) is 54.6 Å². The third-order valence-corrected chi connectivity index (χ3v) is 4.80. The lowest BCUT2D eigenvalue weighted by Crippen LogP contribution is -2.51. The SMILES string of the molecule is O=C(CCCOc1cccc(F)c1)NCC(=O)N1CCN(c2ccccc2)CC1. The van der Waals surface area contributed by atoms with E-state index in [1.807, 2.05) is 18.2 Å². The number of carbonyl (C=O) groups is 2. The zero-order valence-corrected chi connectivity index (χ0v) is 16.4. The Morgan fingerprint density at radius 2 is 1.76 bits per heavy atom. The van der Waals surface area contributed by atoms with Gasteiger partial charge >= 0.3 is 0 Å². The quantitative estimate of drug-likeness (QED) is 0.693. The number of ether oxygens (including phenoxy) is 1. The zero-order chi connectivity index (χ0) is 20.5. The molecule has 29 heavy (non-hydrogen) atoms. The van der Waals surface area contributed by atoms with Crippen LogP contribution in [0.1, 0.15) is 12.8 Å². The van der Waals surface area contributed by atoms with Crippen molar-refractivity contribution in [2.75, 3.05) is 44.2 Å². The number of nitrogens with zero attached hydrogens (tertiary/aromatic N) is 2. The second kappa shape index (κ2) is 10.5. The molecule has 1 aliphatic rings. The topological polar surface area (TPSA) is 61.9 Å². The van der Waals surface area contributed by atoms with Gasteiger partial charge in [0.05, 0.1) is 13.2 Å². The average Bonchev–Trinajstić information content (AvgIpc) is 2.76. The Bertz CT molecular complexity index is 808. The van der Waals surface area contributed by atoms with Gasteiger partial charge in [0, 0.05) is 44.4 Å². The Kier molecular flexibility index (Phi) is 7.44. The number of halogens is 1. The van der Waals surface area contributed by atoms with Crippen molar-refractivity contribution in [2.24, 2.45) is 0 Å². The number of hydrogen-bond donors (Lipinski definition) is 1. The lowest BCUT2D eigenvalue weighted by atomic mass is 10.2. The summed E-state index contributed by atoms with van der Waals surface area (Å²) in [4.78, 5) is 28.3. The Morgan fingerprint density at radius 3 is 2.48 bits per heavy atom. The number of carbonyl (C=O) groups excluding carboxylic acids is 2. The van der Waals surface area contributed by atoms with Crippen molar-refractivity contribution in [3.8, 4) is 5.75 Å². The fraction of sp³-hybridized carbons (Fsp3) is 0.364. The van der Waals surface area contributed by atoms with E-state index >= 15 is 0 Å². The fourth-order valence-corrected chi connectivity index (χ4v) is 3.21. The molecular formula is C22H26FN3O3. The van der Waals surface area contributed by atoms with Crippen LogP contribution in [0.4, 0.5) is 10.1 Å². The van der Waals surface area contributed by atoms with Gasteiger partial charge in [-0.3, -0.25) is 9.59 Å². The van der Waals surface area contributed by atoms with E-state index < -0.39 is 0 Å². The molecule has 0 saturated carbocycles. The first-order chi connectivity index (χ1) is 14.1. The standard InChI is InChI=1S/C22H26FN3O3/c23-18-6-4-9-20(16-18)29-15-5-10-21(27)24-17-22(28)26-13-11-25(12-14-26)19-7-2-1-3-8-19/h1-4,6-9,16H,5,10-15,17H2,(H,24,27). The molecule has 1 heterocycles. The van der Waals surface area contributed by atoms with E-state index in [-0.39, 0.29) is 30.6 Å². The highest BCUT2D eigenvalue weighted by Gasteiger charge is 2.21. The molecule has 3 rings (SSSR count). The Balaban J connectivity index is 1.29. The van der Waals surface area contributed by atoms with Crippen LogP contribution in [0.3, 0.4) is 0 Å². The van der Waals surface area contributed by atoms with Crippen LogP contribution in [0.2, 0.25) is 0 Å². The number of rotatable bonds is 8. The Morgan fingerprint density at radius 1 is 1.00 bits per heavy atom. The molecule has 0 unspecified atom stereocenters. The molecule has 1 fully saturated rings. The van der Waals surface area contributed by atoms with Crippen LogP contribution < -0.4 is 15.0 Å². The highest BCUT2D eigenvalue weighted by Crippen LogP contribution is 2.15. The number of para-hydroxylation sites is 1. The molecule has 0 aliphatic carbocycles. The monoisotopic (exact) mass is 399 g/mol. The summed E-state index contributed by atoms with van der Waals surface area (Å²) in [5, 5.41) is 2.67. The largest absolute Gasteiger partial charge is 0.493 e.